The summed E-state index contributed by atoms with van der Waals surface area (Å²) in [4.78, 5) is 23.1. The van der Waals surface area contributed by atoms with Crippen molar-refractivity contribution in [3.05, 3.63) is 0 Å². The molecular formula is C24H40N2O3. The summed E-state index contributed by atoms with van der Waals surface area (Å²) in [5, 5.41) is 12.0. The number of amides is 1. The average molecular weight is 405 g/mol. The van der Waals surface area contributed by atoms with E-state index in [4.69, 9.17) is 10.8 Å². The molecule has 0 radical (unpaired) electrons. The van der Waals surface area contributed by atoms with E-state index in [0.717, 1.165) is 30.6 Å². The maximum Gasteiger partial charge on any atom is 0.303 e. The smallest absolute Gasteiger partial charge is 0.303 e. The molecule has 0 heterocycles. The van der Waals surface area contributed by atoms with Gasteiger partial charge in [-0.2, -0.15) is 0 Å². The van der Waals surface area contributed by atoms with Crippen molar-refractivity contribution < 1.29 is 14.7 Å². The Balaban J connectivity index is 1.37. The maximum absolute atomic E-state index is 12.4. The molecule has 0 aliphatic heterocycles. The number of fused-ring (bicyclic) bond motifs is 5. The van der Waals surface area contributed by atoms with Crippen LogP contribution in [-0.4, -0.2) is 29.1 Å². The zero-order valence-electron chi connectivity index (χ0n) is 18.3. The van der Waals surface area contributed by atoms with Crippen LogP contribution in [0.25, 0.3) is 0 Å². The number of nitrogens with two attached hydrogens (primary N) is 1. The topological polar surface area (TPSA) is 92.4 Å². The molecule has 0 spiro atoms. The van der Waals surface area contributed by atoms with Crippen molar-refractivity contribution in [3.63, 3.8) is 0 Å². The fraction of sp³-hybridized carbons (Fsp3) is 0.917. The third kappa shape index (κ3) is 3.84. The van der Waals surface area contributed by atoms with E-state index in [9.17, 15) is 9.59 Å². The van der Waals surface area contributed by atoms with Crippen LogP contribution in [0, 0.1) is 34.5 Å². The van der Waals surface area contributed by atoms with E-state index in [0.29, 0.717) is 16.7 Å². The second kappa shape index (κ2) is 7.86. The molecule has 164 valence electrons. The SMILES string of the molecule is C[C@@]12CCC[C@H]1[C@@H]1CC[C@@H]3C[C@H](NC(=O)[C@@H](N)CCC(=O)O)CC[C@]3(C)[C@H]1CC2. The first-order valence-electron chi connectivity index (χ1n) is 12.0. The number of carbonyl (C=O) groups excluding carboxylic acids is 1. The van der Waals surface area contributed by atoms with Crippen molar-refractivity contribution >= 4 is 11.9 Å². The average Bonchev–Trinajstić information content (AvgIpc) is 3.08. The predicted molar refractivity (Wildman–Crippen MR) is 113 cm³/mol. The van der Waals surface area contributed by atoms with Gasteiger partial charge in [0.25, 0.3) is 0 Å². The minimum Gasteiger partial charge on any atom is -0.481 e. The van der Waals surface area contributed by atoms with Crippen molar-refractivity contribution in [2.45, 2.75) is 103 Å². The second-order valence-electron chi connectivity index (χ2n) is 11.3. The van der Waals surface area contributed by atoms with Crippen LogP contribution in [0.2, 0.25) is 0 Å². The molecule has 0 bridgehead atoms. The monoisotopic (exact) mass is 404 g/mol. The molecule has 4 rings (SSSR count). The molecule has 5 nitrogen and oxygen atoms in total. The number of hydrogen-bond acceptors (Lipinski definition) is 3. The van der Waals surface area contributed by atoms with E-state index < -0.39 is 12.0 Å². The summed E-state index contributed by atoms with van der Waals surface area (Å²) in [6.45, 7) is 5.12. The van der Waals surface area contributed by atoms with E-state index in [1.165, 1.54) is 51.4 Å². The Kier molecular flexibility index (Phi) is 5.73. The van der Waals surface area contributed by atoms with Crippen molar-refractivity contribution in [3.8, 4) is 0 Å². The van der Waals surface area contributed by atoms with Crippen LogP contribution in [0.1, 0.15) is 90.9 Å². The first kappa shape index (κ1) is 21.1. The van der Waals surface area contributed by atoms with Crippen LogP contribution in [0.15, 0.2) is 0 Å². The number of aliphatic carboxylic acids is 1. The molecule has 1 amide bonds. The van der Waals surface area contributed by atoms with Crippen molar-refractivity contribution in [1.29, 1.82) is 0 Å². The van der Waals surface area contributed by atoms with Gasteiger partial charge in [-0.05, 0) is 98.7 Å². The number of carboxylic acid groups (broad SMARTS) is 1. The van der Waals surface area contributed by atoms with Gasteiger partial charge in [0.2, 0.25) is 5.91 Å². The minimum atomic E-state index is -0.899. The Morgan fingerprint density at radius 3 is 2.62 bits per heavy atom. The lowest BCUT2D eigenvalue weighted by Gasteiger charge is -2.60. The van der Waals surface area contributed by atoms with Crippen LogP contribution >= 0.6 is 0 Å². The summed E-state index contributed by atoms with van der Waals surface area (Å²) < 4.78 is 0. The molecule has 8 atom stereocenters. The van der Waals surface area contributed by atoms with Gasteiger partial charge in [0, 0.05) is 12.5 Å². The fourth-order valence-corrected chi connectivity index (χ4v) is 8.10. The molecule has 4 aliphatic rings. The highest BCUT2D eigenvalue weighted by molar-refractivity contribution is 5.82. The van der Waals surface area contributed by atoms with Crippen LogP contribution in [0.4, 0.5) is 0 Å². The van der Waals surface area contributed by atoms with Gasteiger partial charge in [-0.3, -0.25) is 9.59 Å². The number of hydrogen-bond donors (Lipinski definition) is 3. The molecule has 4 aliphatic carbocycles. The summed E-state index contributed by atoms with van der Waals surface area (Å²) >= 11 is 0. The highest BCUT2D eigenvalue weighted by Gasteiger charge is 2.57. The third-order valence-corrected chi connectivity index (χ3v) is 9.80. The first-order chi connectivity index (χ1) is 13.7. The number of carbonyl (C=O) groups is 2. The van der Waals surface area contributed by atoms with Gasteiger partial charge in [-0.25, -0.2) is 0 Å². The highest BCUT2D eigenvalue weighted by atomic mass is 16.4. The van der Waals surface area contributed by atoms with E-state index in [1.807, 2.05) is 0 Å². The summed E-state index contributed by atoms with van der Waals surface area (Å²) in [6, 6.07) is -0.512. The van der Waals surface area contributed by atoms with Crippen molar-refractivity contribution in [2.75, 3.05) is 0 Å². The molecule has 0 saturated heterocycles. The van der Waals surface area contributed by atoms with E-state index >= 15 is 0 Å². The fourth-order valence-electron chi connectivity index (χ4n) is 8.10. The van der Waals surface area contributed by atoms with Crippen LogP contribution < -0.4 is 11.1 Å². The molecule has 0 aromatic rings. The maximum atomic E-state index is 12.4. The van der Waals surface area contributed by atoms with Crippen molar-refractivity contribution in [1.82, 2.24) is 5.32 Å². The Morgan fingerprint density at radius 2 is 1.86 bits per heavy atom. The largest absolute Gasteiger partial charge is 0.481 e. The number of rotatable bonds is 5. The standard InChI is InChI=1S/C24H40N2O3/c1-23-11-3-4-18(23)17-6-5-15-14-16(9-13-24(15,2)19(17)10-12-23)26-22(29)20(25)7-8-21(27)28/h15-20H,3-14,25H2,1-2H3,(H,26,29)(H,27,28)/t15-,16-,17+,18+,19+,20+,23+,24+/m1/s1. The molecule has 0 unspecified atom stereocenters. The van der Waals surface area contributed by atoms with Gasteiger partial charge in [-0.15, -0.1) is 0 Å². The molecular weight excluding hydrogens is 364 g/mol. The first-order valence-corrected chi connectivity index (χ1v) is 12.0. The van der Waals surface area contributed by atoms with Crippen LogP contribution in [0.5, 0.6) is 0 Å². The van der Waals surface area contributed by atoms with Gasteiger partial charge >= 0.3 is 5.97 Å². The molecule has 4 saturated carbocycles. The van der Waals surface area contributed by atoms with E-state index in [-0.39, 0.29) is 24.8 Å². The van der Waals surface area contributed by atoms with Crippen LogP contribution in [0.3, 0.4) is 0 Å². The zero-order chi connectivity index (χ0) is 20.8. The summed E-state index contributed by atoms with van der Waals surface area (Å²) in [5.41, 5.74) is 6.96. The highest BCUT2D eigenvalue weighted by Crippen LogP contribution is 2.66. The van der Waals surface area contributed by atoms with Gasteiger partial charge in [0.05, 0.1) is 6.04 Å². The Labute approximate surface area is 175 Å². The number of carboxylic acids is 1. The summed E-state index contributed by atoms with van der Waals surface area (Å²) in [6.07, 6.45) is 13.3. The predicted octanol–water partition coefficient (Wildman–Crippen LogP) is 4.10. The van der Waals surface area contributed by atoms with Crippen LogP contribution in [-0.2, 0) is 9.59 Å². The van der Waals surface area contributed by atoms with E-state index in [2.05, 4.69) is 19.2 Å². The molecule has 5 heteroatoms. The minimum absolute atomic E-state index is 0.0525. The molecule has 29 heavy (non-hydrogen) atoms. The summed E-state index contributed by atoms with van der Waals surface area (Å²) in [5.74, 6) is 2.37. The Hall–Kier alpha value is -1.10. The lowest BCUT2D eigenvalue weighted by atomic mass is 9.45. The molecule has 0 aromatic carbocycles. The van der Waals surface area contributed by atoms with Gasteiger partial charge < -0.3 is 16.2 Å². The van der Waals surface area contributed by atoms with Gasteiger partial charge in [0.1, 0.15) is 0 Å². The Morgan fingerprint density at radius 1 is 1.07 bits per heavy atom. The van der Waals surface area contributed by atoms with E-state index in [1.54, 1.807) is 0 Å². The lowest BCUT2D eigenvalue weighted by Crippen LogP contribution is -2.55. The zero-order valence-corrected chi connectivity index (χ0v) is 18.3. The summed E-state index contributed by atoms with van der Waals surface area (Å²) in [7, 11) is 0. The molecule has 4 N–H and O–H groups in total. The molecule has 0 aromatic heterocycles. The normalized spacial score (nSPS) is 44.9. The van der Waals surface area contributed by atoms with Gasteiger partial charge in [-0.1, -0.05) is 20.3 Å². The number of nitrogens with one attached hydrogen (secondary N) is 1. The molecule has 4 fully saturated rings. The quantitative estimate of drug-likeness (QED) is 0.643. The lowest BCUT2D eigenvalue weighted by molar-refractivity contribution is -0.137. The van der Waals surface area contributed by atoms with Crippen molar-refractivity contribution in [2.24, 2.45) is 40.2 Å². The Bertz CT molecular complexity index is 652. The van der Waals surface area contributed by atoms with Gasteiger partial charge in [0.15, 0.2) is 0 Å². The second-order valence-corrected chi connectivity index (χ2v) is 11.3. The third-order valence-electron chi connectivity index (χ3n) is 9.80.